The summed E-state index contributed by atoms with van der Waals surface area (Å²) < 4.78 is 7.52. The summed E-state index contributed by atoms with van der Waals surface area (Å²) in [5.74, 6) is 1.33. The van der Waals surface area contributed by atoms with Crippen LogP contribution in [-0.4, -0.2) is 20.9 Å². The van der Waals surface area contributed by atoms with Crippen LogP contribution in [0.4, 0.5) is 5.82 Å². The average Bonchev–Trinajstić information content (AvgIpc) is 2.97. The normalized spacial score (nSPS) is 12.2. The Morgan fingerprint density at radius 2 is 1.77 bits per heavy atom. The van der Waals surface area contributed by atoms with E-state index in [1.165, 1.54) is 5.56 Å². The lowest BCUT2D eigenvalue weighted by atomic mass is 9.82. The number of hydrogen-bond donors (Lipinski definition) is 1. The van der Waals surface area contributed by atoms with Gasteiger partial charge in [0, 0.05) is 23.7 Å². The number of nitrogens with zero attached hydrogens (tertiary/aromatic N) is 2. The minimum absolute atomic E-state index is 0.122. The number of hydrogen-bond acceptors (Lipinski definition) is 4. The number of aryl methyl sites for hydroxylation is 1. The molecule has 0 atom stereocenters. The standard InChI is InChI=1S/C26H35N3O2/c1-8-9-22(30)31-20-12-10-19(11-13-20)23-24(28-26(6,7)17-25(3,4)5)29-15-14-18(2)16-21(29)27-23/h10-16,28H,8-9,17H2,1-7H3. The molecule has 2 aromatic heterocycles. The van der Waals surface area contributed by atoms with Gasteiger partial charge in [-0.05, 0) is 81.0 Å². The van der Waals surface area contributed by atoms with Gasteiger partial charge in [-0.15, -0.1) is 0 Å². The number of nitrogens with one attached hydrogen (secondary N) is 1. The first kappa shape index (κ1) is 22.9. The predicted octanol–water partition coefficient (Wildman–Crippen LogP) is 6.64. The molecule has 0 aliphatic heterocycles. The maximum Gasteiger partial charge on any atom is 0.311 e. The smallest absolute Gasteiger partial charge is 0.311 e. The number of esters is 1. The molecule has 2 heterocycles. The minimum atomic E-state index is -0.204. The van der Waals surface area contributed by atoms with Gasteiger partial charge in [0.15, 0.2) is 0 Å². The van der Waals surface area contributed by atoms with Crippen LogP contribution >= 0.6 is 0 Å². The SMILES string of the molecule is CCCC(=O)Oc1ccc(-c2nc3cc(C)ccn3c2NC(C)(C)CC(C)(C)C)cc1. The van der Waals surface area contributed by atoms with Crippen LogP contribution in [0.25, 0.3) is 16.9 Å². The number of carbonyl (C=O) groups is 1. The second-order valence-corrected chi connectivity index (χ2v) is 10.2. The van der Waals surface area contributed by atoms with Crippen LogP contribution in [-0.2, 0) is 4.79 Å². The zero-order valence-corrected chi connectivity index (χ0v) is 19.9. The summed E-state index contributed by atoms with van der Waals surface area (Å²) in [5.41, 5.74) is 4.01. The van der Waals surface area contributed by atoms with Gasteiger partial charge in [-0.2, -0.15) is 0 Å². The maximum atomic E-state index is 11.8. The molecule has 5 nitrogen and oxygen atoms in total. The molecule has 0 bridgehead atoms. The molecule has 5 heteroatoms. The van der Waals surface area contributed by atoms with Crippen LogP contribution in [0.5, 0.6) is 5.75 Å². The molecule has 1 N–H and O–H groups in total. The molecule has 0 fully saturated rings. The monoisotopic (exact) mass is 421 g/mol. The molecule has 0 unspecified atom stereocenters. The van der Waals surface area contributed by atoms with E-state index in [4.69, 9.17) is 9.72 Å². The maximum absolute atomic E-state index is 11.8. The highest BCUT2D eigenvalue weighted by molar-refractivity contribution is 5.78. The number of carbonyl (C=O) groups excluding carboxylic acids is 1. The first-order valence-electron chi connectivity index (χ1n) is 11.1. The molecule has 0 saturated heterocycles. The molecule has 0 aliphatic carbocycles. The van der Waals surface area contributed by atoms with E-state index < -0.39 is 0 Å². The fourth-order valence-corrected chi connectivity index (χ4v) is 4.23. The van der Waals surface area contributed by atoms with E-state index >= 15 is 0 Å². The third kappa shape index (κ3) is 5.87. The van der Waals surface area contributed by atoms with Crippen molar-refractivity contribution in [2.24, 2.45) is 5.41 Å². The predicted molar refractivity (Wildman–Crippen MR) is 128 cm³/mol. The fourth-order valence-electron chi connectivity index (χ4n) is 4.23. The average molecular weight is 422 g/mol. The molecule has 0 amide bonds. The van der Waals surface area contributed by atoms with Crippen LogP contribution in [0.15, 0.2) is 42.6 Å². The van der Waals surface area contributed by atoms with Crippen molar-refractivity contribution in [2.75, 3.05) is 5.32 Å². The third-order valence-electron chi connectivity index (χ3n) is 5.02. The Bertz CT molecular complexity index is 1060. The number of fused-ring (bicyclic) bond motifs is 1. The highest BCUT2D eigenvalue weighted by Gasteiger charge is 2.28. The zero-order chi connectivity index (χ0) is 22.8. The van der Waals surface area contributed by atoms with Crippen LogP contribution in [0.1, 0.15) is 66.4 Å². The lowest BCUT2D eigenvalue weighted by Gasteiger charge is -2.34. The van der Waals surface area contributed by atoms with Crippen molar-refractivity contribution in [3.63, 3.8) is 0 Å². The van der Waals surface area contributed by atoms with E-state index in [1.54, 1.807) is 0 Å². The van der Waals surface area contributed by atoms with Gasteiger partial charge in [0.05, 0.1) is 0 Å². The van der Waals surface area contributed by atoms with Gasteiger partial charge < -0.3 is 10.1 Å². The number of benzene rings is 1. The van der Waals surface area contributed by atoms with E-state index in [1.807, 2.05) is 31.2 Å². The van der Waals surface area contributed by atoms with Gasteiger partial charge >= 0.3 is 5.97 Å². The number of ether oxygens (including phenoxy) is 1. The highest BCUT2D eigenvalue weighted by atomic mass is 16.5. The van der Waals surface area contributed by atoms with E-state index in [9.17, 15) is 4.79 Å². The lowest BCUT2D eigenvalue weighted by Crippen LogP contribution is -2.36. The number of aromatic nitrogens is 2. The van der Waals surface area contributed by atoms with E-state index in [0.29, 0.717) is 12.2 Å². The summed E-state index contributed by atoms with van der Waals surface area (Å²) in [6.07, 6.45) is 4.27. The summed E-state index contributed by atoms with van der Waals surface area (Å²) in [5, 5.41) is 3.76. The molecule has 3 rings (SSSR count). The van der Waals surface area contributed by atoms with Crippen LogP contribution in [0, 0.1) is 12.3 Å². The largest absolute Gasteiger partial charge is 0.427 e. The van der Waals surface area contributed by atoms with Crippen molar-refractivity contribution in [1.82, 2.24) is 9.38 Å². The second kappa shape index (κ2) is 8.74. The molecule has 0 radical (unpaired) electrons. The van der Waals surface area contributed by atoms with Crippen LogP contribution < -0.4 is 10.1 Å². The Labute approximate surface area is 185 Å². The number of anilines is 1. The van der Waals surface area contributed by atoms with Crippen molar-refractivity contribution in [2.45, 2.75) is 73.3 Å². The molecule has 3 aromatic rings. The number of imidazole rings is 1. The zero-order valence-electron chi connectivity index (χ0n) is 19.9. The van der Waals surface area contributed by atoms with Crippen LogP contribution in [0.3, 0.4) is 0 Å². The quantitative estimate of drug-likeness (QED) is 0.343. The van der Waals surface area contributed by atoms with Crippen molar-refractivity contribution in [1.29, 1.82) is 0 Å². The van der Waals surface area contributed by atoms with Crippen molar-refractivity contribution in [3.05, 3.63) is 48.2 Å². The summed E-state index contributed by atoms with van der Waals surface area (Å²) in [7, 11) is 0. The summed E-state index contributed by atoms with van der Waals surface area (Å²) >= 11 is 0. The van der Waals surface area contributed by atoms with Gasteiger partial charge in [0.25, 0.3) is 0 Å². The van der Waals surface area contributed by atoms with Gasteiger partial charge in [0.1, 0.15) is 22.9 Å². The Morgan fingerprint density at radius 3 is 2.39 bits per heavy atom. The molecule has 166 valence electrons. The summed E-state index contributed by atoms with van der Waals surface area (Å²) in [4.78, 5) is 16.7. The number of rotatable bonds is 7. The number of pyridine rings is 1. The third-order valence-corrected chi connectivity index (χ3v) is 5.02. The Morgan fingerprint density at radius 1 is 1.10 bits per heavy atom. The molecule has 31 heavy (non-hydrogen) atoms. The van der Waals surface area contributed by atoms with Crippen molar-refractivity contribution < 1.29 is 9.53 Å². The molecule has 1 aromatic carbocycles. The Hall–Kier alpha value is -2.82. The second-order valence-electron chi connectivity index (χ2n) is 10.2. The molecule has 0 saturated carbocycles. The summed E-state index contributed by atoms with van der Waals surface area (Å²) in [6.45, 7) is 15.3. The van der Waals surface area contributed by atoms with Gasteiger partial charge in [-0.25, -0.2) is 4.98 Å². The molecule has 0 spiro atoms. The molecular weight excluding hydrogens is 386 g/mol. The Balaban J connectivity index is 2.00. The van der Waals surface area contributed by atoms with Crippen LogP contribution in [0.2, 0.25) is 0 Å². The Kier molecular flexibility index (Phi) is 6.44. The van der Waals surface area contributed by atoms with E-state index in [2.05, 4.69) is 69.6 Å². The highest BCUT2D eigenvalue weighted by Crippen LogP contribution is 2.35. The first-order valence-corrected chi connectivity index (χ1v) is 11.1. The first-order chi connectivity index (χ1) is 14.5. The van der Waals surface area contributed by atoms with Gasteiger partial charge in [0.2, 0.25) is 0 Å². The fraction of sp³-hybridized carbons (Fsp3) is 0.462. The van der Waals surface area contributed by atoms with E-state index in [-0.39, 0.29) is 16.9 Å². The van der Waals surface area contributed by atoms with E-state index in [0.717, 1.165) is 35.6 Å². The van der Waals surface area contributed by atoms with Gasteiger partial charge in [-0.1, -0.05) is 27.7 Å². The lowest BCUT2D eigenvalue weighted by molar-refractivity contribution is -0.134. The van der Waals surface area contributed by atoms with Crippen molar-refractivity contribution in [3.8, 4) is 17.0 Å². The van der Waals surface area contributed by atoms with Crippen molar-refractivity contribution >= 4 is 17.4 Å². The summed E-state index contributed by atoms with van der Waals surface area (Å²) in [6, 6.07) is 11.8. The molecular formula is C26H35N3O2. The molecule has 0 aliphatic rings. The van der Waals surface area contributed by atoms with Gasteiger partial charge in [-0.3, -0.25) is 9.20 Å². The topological polar surface area (TPSA) is 55.6 Å². The minimum Gasteiger partial charge on any atom is -0.427 e.